The van der Waals surface area contributed by atoms with Crippen molar-refractivity contribution in [3.05, 3.63) is 125 Å². The number of alkyl halides is 1. The predicted molar refractivity (Wildman–Crippen MR) is 221 cm³/mol. The number of carbonyl (C=O) groups excluding carboxylic acids is 4. The van der Waals surface area contributed by atoms with E-state index in [4.69, 9.17) is 16.3 Å². The van der Waals surface area contributed by atoms with Crippen molar-refractivity contribution < 1.29 is 29.0 Å². The minimum absolute atomic E-state index is 0.132. The van der Waals surface area contributed by atoms with E-state index in [1.807, 2.05) is 59.5 Å². The van der Waals surface area contributed by atoms with Gasteiger partial charge >= 0.3 is 0 Å². The van der Waals surface area contributed by atoms with E-state index in [0.717, 1.165) is 64.5 Å². The van der Waals surface area contributed by atoms with Crippen LogP contribution in [0.1, 0.15) is 64.7 Å². The molecule has 296 valence electrons. The Hall–Kier alpha value is -5.65. The minimum Gasteiger partial charge on any atom is -0.508 e. The zero-order valence-electron chi connectivity index (χ0n) is 31.9. The van der Waals surface area contributed by atoms with Crippen LogP contribution >= 0.6 is 11.6 Å². The predicted octanol–water partition coefficient (Wildman–Crippen LogP) is 6.16. The summed E-state index contributed by atoms with van der Waals surface area (Å²) in [6.45, 7) is 5.06. The summed E-state index contributed by atoms with van der Waals surface area (Å²) in [6.07, 6.45) is 2.29. The highest BCUT2D eigenvalue weighted by atomic mass is 35.5. The van der Waals surface area contributed by atoms with Crippen LogP contribution in [-0.2, 0) is 20.9 Å². The second-order valence-electron chi connectivity index (χ2n) is 14.6. The smallest absolute Gasteiger partial charge is 0.255 e. The lowest BCUT2D eigenvalue weighted by Gasteiger charge is -2.34. The first kappa shape index (κ1) is 39.6. The van der Waals surface area contributed by atoms with E-state index in [2.05, 4.69) is 39.8 Å². The Labute approximate surface area is 338 Å². The van der Waals surface area contributed by atoms with Crippen LogP contribution in [0.2, 0.25) is 0 Å². The van der Waals surface area contributed by atoms with Gasteiger partial charge in [-0.2, -0.15) is 0 Å². The number of piperidine rings is 1. The lowest BCUT2D eigenvalue weighted by atomic mass is 9.88. The Bertz CT molecular complexity index is 2100. The molecule has 0 aliphatic carbocycles. The number of nitrogens with one attached hydrogen (secondary N) is 2. The molecule has 3 aliphatic rings. The van der Waals surface area contributed by atoms with Gasteiger partial charge in [0, 0.05) is 81.3 Å². The molecular formula is C45H48ClN5O6. The van der Waals surface area contributed by atoms with Crippen LogP contribution in [0, 0.1) is 0 Å². The number of imide groups is 1. The van der Waals surface area contributed by atoms with Crippen molar-refractivity contribution in [1.82, 2.24) is 20.0 Å². The molecule has 0 spiro atoms. The SMILES string of the molecule is O=C1CCC(N2Cc3c(NCCCC(=O)N4CCN(CCOc5ccc(C(=C(CCCl)c6ccccc6)c6ccc(O)cc6)cc5)CC4)cccc3C2=O)C(=O)N1. The van der Waals surface area contributed by atoms with E-state index in [9.17, 15) is 24.3 Å². The quantitative estimate of drug-likeness (QED) is 0.0566. The maximum Gasteiger partial charge on any atom is 0.255 e. The monoisotopic (exact) mass is 789 g/mol. The molecule has 4 aromatic carbocycles. The average molecular weight is 790 g/mol. The van der Waals surface area contributed by atoms with Crippen molar-refractivity contribution in [2.75, 3.05) is 57.1 Å². The van der Waals surface area contributed by atoms with Gasteiger partial charge in [0.1, 0.15) is 24.1 Å². The molecule has 3 N–H and O–H groups in total. The number of allylic oxidation sites excluding steroid dienone is 1. The highest BCUT2D eigenvalue weighted by molar-refractivity contribution is 6.18. The summed E-state index contributed by atoms with van der Waals surface area (Å²) >= 11 is 6.31. The first-order valence-electron chi connectivity index (χ1n) is 19.7. The number of phenolic OH excluding ortho intramolecular Hbond substituents is 1. The summed E-state index contributed by atoms with van der Waals surface area (Å²) in [5.74, 6) is 0.666. The number of amides is 4. The number of phenols is 1. The largest absolute Gasteiger partial charge is 0.508 e. The Morgan fingerprint density at radius 3 is 2.26 bits per heavy atom. The number of carbonyl (C=O) groups is 4. The fraction of sp³-hybridized carbons (Fsp3) is 0.333. The van der Waals surface area contributed by atoms with Gasteiger partial charge in [-0.25, -0.2) is 0 Å². The van der Waals surface area contributed by atoms with Gasteiger partial charge in [0.25, 0.3) is 5.91 Å². The molecule has 0 bridgehead atoms. The van der Waals surface area contributed by atoms with Gasteiger partial charge in [0.2, 0.25) is 17.7 Å². The van der Waals surface area contributed by atoms with Crippen LogP contribution in [0.15, 0.2) is 97.1 Å². The fourth-order valence-electron chi connectivity index (χ4n) is 7.89. The van der Waals surface area contributed by atoms with Gasteiger partial charge in [-0.05, 0) is 83.5 Å². The molecule has 4 amide bonds. The topological polar surface area (TPSA) is 132 Å². The van der Waals surface area contributed by atoms with Gasteiger partial charge in [0.05, 0.1) is 0 Å². The molecule has 1 atom stereocenters. The summed E-state index contributed by atoms with van der Waals surface area (Å²) in [6, 6.07) is 30.5. The van der Waals surface area contributed by atoms with E-state index in [0.29, 0.717) is 69.9 Å². The number of piperazine rings is 1. The van der Waals surface area contributed by atoms with Gasteiger partial charge in [-0.15, -0.1) is 11.6 Å². The van der Waals surface area contributed by atoms with Gasteiger partial charge in [-0.3, -0.25) is 29.4 Å². The lowest BCUT2D eigenvalue weighted by molar-refractivity contribution is -0.137. The summed E-state index contributed by atoms with van der Waals surface area (Å²) in [7, 11) is 0. The molecule has 2 fully saturated rings. The molecule has 57 heavy (non-hydrogen) atoms. The normalized spacial score (nSPS) is 17.6. The third-order valence-electron chi connectivity index (χ3n) is 10.9. The molecule has 3 aliphatic heterocycles. The summed E-state index contributed by atoms with van der Waals surface area (Å²) < 4.78 is 6.16. The van der Waals surface area contributed by atoms with Crippen LogP contribution in [-0.4, -0.2) is 101 Å². The number of hydrogen-bond acceptors (Lipinski definition) is 8. The van der Waals surface area contributed by atoms with Gasteiger partial charge < -0.3 is 25.0 Å². The van der Waals surface area contributed by atoms with Crippen LogP contribution in [0.5, 0.6) is 11.5 Å². The molecular weight excluding hydrogens is 742 g/mol. The van der Waals surface area contributed by atoms with Crippen molar-refractivity contribution in [3.63, 3.8) is 0 Å². The number of aromatic hydroxyl groups is 1. The molecule has 4 aromatic rings. The number of benzene rings is 4. The minimum atomic E-state index is -0.657. The van der Waals surface area contributed by atoms with Crippen LogP contribution < -0.4 is 15.4 Å². The molecule has 7 rings (SSSR count). The standard InChI is InChI=1S/C45H48ClN5O6/c46-22-21-36(31-6-2-1-3-7-31)43(32-11-15-34(52)16-12-32)33-13-17-35(18-14-33)57-29-28-49-24-26-50(27-25-49)42(54)10-5-23-47-39-9-4-8-37-38(39)30-51(45(37)56)40-19-20-41(53)48-44(40)55/h1-4,6-9,11-18,40,47,52H,5,10,19-30H2,(H,48,53,55). The highest BCUT2D eigenvalue weighted by Crippen LogP contribution is 2.36. The Morgan fingerprint density at radius 2 is 1.56 bits per heavy atom. The number of ether oxygens (including phenoxy) is 1. The maximum absolute atomic E-state index is 13.1. The maximum atomic E-state index is 13.1. The average Bonchev–Trinajstić information content (AvgIpc) is 3.57. The van der Waals surface area contributed by atoms with Gasteiger partial charge in [0.15, 0.2) is 0 Å². The zero-order chi connectivity index (χ0) is 39.7. The van der Waals surface area contributed by atoms with E-state index in [1.165, 1.54) is 0 Å². The Balaban J connectivity index is 0.854. The number of fused-ring (bicyclic) bond motifs is 1. The number of halogens is 1. The first-order chi connectivity index (χ1) is 27.8. The Kier molecular flexibility index (Phi) is 12.9. The number of hydrogen-bond donors (Lipinski definition) is 3. The molecule has 11 nitrogen and oxygen atoms in total. The third-order valence-corrected chi connectivity index (χ3v) is 11.1. The molecule has 0 radical (unpaired) electrons. The second-order valence-corrected chi connectivity index (χ2v) is 14.9. The van der Waals surface area contributed by atoms with E-state index in [-0.39, 0.29) is 29.9 Å². The van der Waals surface area contributed by atoms with Crippen LogP contribution in [0.4, 0.5) is 5.69 Å². The summed E-state index contributed by atoms with van der Waals surface area (Å²) in [5.41, 5.74) is 7.55. The van der Waals surface area contributed by atoms with Crippen molar-refractivity contribution >= 4 is 52.1 Å². The third kappa shape index (κ3) is 9.49. The first-order valence-corrected chi connectivity index (χ1v) is 20.2. The zero-order valence-corrected chi connectivity index (χ0v) is 32.7. The van der Waals surface area contributed by atoms with Crippen LogP contribution in [0.3, 0.4) is 0 Å². The number of nitrogens with zero attached hydrogens (tertiary/aromatic N) is 3. The number of anilines is 1. The van der Waals surface area contributed by atoms with Crippen molar-refractivity contribution in [2.45, 2.75) is 44.7 Å². The summed E-state index contributed by atoms with van der Waals surface area (Å²) in [5, 5.41) is 15.7. The molecule has 1 unspecified atom stereocenters. The summed E-state index contributed by atoms with van der Waals surface area (Å²) in [4.78, 5) is 56.0. The molecule has 0 saturated carbocycles. The molecule has 3 heterocycles. The van der Waals surface area contributed by atoms with E-state index < -0.39 is 11.9 Å². The highest BCUT2D eigenvalue weighted by Gasteiger charge is 2.39. The van der Waals surface area contributed by atoms with Crippen molar-refractivity contribution in [3.8, 4) is 11.5 Å². The second kappa shape index (κ2) is 18.5. The number of rotatable bonds is 15. The molecule has 12 heteroatoms. The van der Waals surface area contributed by atoms with Gasteiger partial charge in [-0.1, -0.05) is 60.7 Å². The van der Waals surface area contributed by atoms with E-state index in [1.54, 1.807) is 23.1 Å². The van der Waals surface area contributed by atoms with Crippen LogP contribution in [0.25, 0.3) is 11.1 Å². The Morgan fingerprint density at radius 1 is 0.842 bits per heavy atom. The van der Waals surface area contributed by atoms with Crippen molar-refractivity contribution in [1.29, 1.82) is 0 Å². The molecule has 2 saturated heterocycles. The molecule has 0 aromatic heterocycles. The van der Waals surface area contributed by atoms with E-state index >= 15 is 0 Å². The van der Waals surface area contributed by atoms with Crippen molar-refractivity contribution in [2.24, 2.45) is 0 Å². The lowest BCUT2D eigenvalue weighted by Crippen LogP contribution is -2.52. The fourth-order valence-corrected chi connectivity index (χ4v) is 8.08.